The lowest BCUT2D eigenvalue weighted by Crippen LogP contribution is -2.18. The first-order valence-electron chi connectivity index (χ1n) is 7.07. The van der Waals surface area contributed by atoms with Crippen LogP contribution in [0.3, 0.4) is 0 Å². The van der Waals surface area contributed by atoms with E-state index >= 15 is 0 Å². The van der Waals surface area contributed by atoms with Gasteiger partial charge in [-0.2, -0.15) is 0 Å². The van der Waals surface area contributed by atoms with Crippen LogP contribution in [0.1, 0.15) is 31.4 Å². The van der Waals surface area contributed by atoms with Gasteiger partial charge in [0.2, 0.25) is 0 Å². The van der Waals surface area contributed by atoms with Gasteiger partial charge in [0, 0.05) is 11.8 Å². The summed E-state index contributed by atoms with van der Waals surface area (Å²) in [5.74, 6) is 1.80. The maximum absolute atomic E-state index is 11.5. The summed E-state index contributed by atoms with van der Waals surface area (Å²) in [7, 11) is 2.17. The van der Waals surface area contributed by atoms with Crippen molar-refractivity contribution < 1.29 is 17.9 Å². The molecule has 0 aromatic heterocycles. The van der Waals surface area contributed by atoms with E-state index in [0.717, 1.165) is 12.0 Å². The Balaban J connectivity index is 2.76. The Kier molecular flexibility index (Phi) is 6.98. The van der Waals surface area contributed by atoms with Gasteiger partial charge in [-0.3, -0.25) is 0 Å². The summed E-state index contributed by atoms with van der Waals surface area (Å²) in [6.07, 6.45) is 1.39. The zero-order chi connectivity index (χ0) is 15.9. The number of benzene rings is 1. The molecule has 0 aliphatic heterocycles. The number of hydrogen-bond acceptors (Lipinski definition) is 5. The van der Waals surface area contributed by atoms with Gasteiger partial charge in [-0.25, -0.2) is 8.42 Å². The molecule has 6 heteroatoms. The van der Waals surface area contributed by atoms with Crippen LogP contribution in [0.15, 0.2) is 18.2 Å². The van der Waals surface area contributed by atoms with Crippen LogP contribution < -0.4 is 14.8 Å². The second-order valence-corrected chi connectivity index (χ2v) is 7.31. The molecule has 0 fully saturated rings. The van der Waals surface area contributed by atoms with Crippen molar-refractivity contribution in [2.45, 2.75) is 25.8 Å². The molecule has 21 heavy (non-hydrogen) atoms. The Labute approximate surface area is 127 Å². The van der Waals surface area contributed by atoms with Gasteiger partial charge in [0.05, 0.1) is 20.0 Å². The normalized spacial score (nSPS) is 13.0. The lowest BCUT2D eigenvalue weighted by Gasteiger charge is -2.18. The molecule has 0 saturated heterocycles. The molecule has 0 amide bonds. The highest BCUT2D eigenvalue weighted by atomic mass is 32.2. The average molecular weight is 315 g/mol. The molecule has 1 rings (SSSR count). The van der Waals surface area contributed by atoms with Crippen LogP contribution in [-0.2, 0) is 9.84 Å². The van der Waals surface area contributed by atoms with Gasteiger partial charge in [-0.1, -0.05) is 13.0 Å². The van der Waals surface area contributed by atoms with E-state index in [1.54, 1.807) is 21.1 Å². The molecular weight excluding hydrogens is 290 g/mol. The molecule has 0 spiro atoms. The third-order valence-corrected chi connectivity index (χ3v) is 5.34. The van der Waals surface area contributed by atoms with E-state index < -0.39 is 9.84 Å². The highest BCUT2D eigenvalue weighted by molar-refractivity contribution is 7.91. The predicted octanol–water partition coefficient (Wildman–Crippen LogP) is 2.18. The van der Waals surface area contributed by atoms with Crippen LogP contribution in [0.2, 0.25) is 0 Å². The van der Waals surface area contributed by atoms with Crippen molar-refractivity contribution in [1.82, 2.24) is 5.32 Å². The zero-order valence-electron chi connectivity index (χ0n) is 13.2. The molecule has 1 N–H and O–H groups in total. The third kappa shape index (κ3) is 5.21. The summed E-state index contributed by atoms with van der Waals surface area (Å²) in [5, 5.41) is 3.22. The van der Waals surface area contributed by atoms with Crippen molar-refractivity contribution in [2.24, 2.45) is 0 Å². The average Bonchev–Trinajstić information content (AvgIpc) is 2.51. The van der Waals surface area contributed by atoms with Crippen LogP contribution in [0.25, 0.3) is 0 Å². The van der Waals surface area contributed by atoms with Crippen LogP contribution in [0, 0.1) is 0 Å². The minimum atomic E-state index is -2.90. The van der Waals surface area contributed by atoms with Crippen molar-refractivity contribution in [3.63, 3.8) is 0 Å². The van der Waals surface area contributed by atoms with Crippen LogP contribution >= 0.6 is 0 Å². The van der Waals surface area contributed by atoms with E-state index in [2.05, 4.69) is 5.32 Å². The monoisotopic (exact) mass is 315 g/mol. The van der Waals surface area contributed by atoms with Gasteiger partial charge in [0.1, 0.15) is 9.84 Å². The van der Waals surface area contributed by atoms with Crippen LogP contribution in [0.4, 0.5) is 0 Å². The summed E-state index contributed by atoms with van der Waals surface area (Å²) in [5.41, 5.74) is 1.06. The molecule has 5 nitrogen and oxygen atoms in total. The lowest BCUT2D eigenvalue weighted by atomic mass is 10.0. The standard InChI is InChI=1S/C15H25NO4S/c1-5-21(17,18)10-6-7-13(16-2)12-8-9-14(19-3)15(11-12)20-4/h8-9,11,13,16H,5-7,10H2,1-4H3. The number of nitrogens with one attached hydrogen (secondary N) is 1. The first kappa shape index (κ1) is 17.8. The Bertz CT molecular complexity index is 543. The summed E-state index contributed by atoms with van der Waals surface area (Å²) >= 11 is 0. The molecule has 1 aromatic carbocycles. The fourth-order valence-electron chi connectivity index (χ4n) is 2.20. The van der Waals surface area contributed by atoms with E-state index in [-0.39, 0.29) is 17.5 Å². The number of hydrogen-bond donors (Lipinski definition) is 1. The summed E-state index contributed by atoms with van der Waals surface area (Å²) in [6, 6.07) is 5.85. The molecule has 1 aromatic rings. The number of ether oxygens (including phenoxy) is 2. The van der Waals surface area contributed by atoms with Gasteiger partial charge in [-0.15, -0.1) is 0 Å². The zero-order valence-corrected chi connectivity index (χ0v) is 14.0. The molecule has 1 atom stereocenters. The first-order chi connectivity index (χ1) is 9.97. The minimum absolute atomic E-state index is 0.0943. The molecule has 0 aliphatic rings. The highest BCUT2D eigenvalue weighted by Gasteiger charge is 2.14. The van der Waals surface area contributed by atoms with Crippen molar-refractivity contribution >= 4 is 9.84 Å². The first-order valence-corrected chi connectivity index (χ1v) is 8.89. The Hall–Kier alpha value is -1.27. The predicted molar refractivity (Wildman–Crippen MR) is 84.9 cm³/mol. The Morgan fingerprint density at radius 1 is 1.19 bits per heavy atom. The number of rotatable bonds is 9. The molecule has 0 aliphatic carbocycles. The van der Waals surface area contributed by atoms with Crippen molar-refractivity contribution in [3.05, 3.63) is 23.8 Å². The van der Waals surface area contributed by atoms with Crippen LogP contribution in [0.5, 0.6) is 11.5 Å². The van der Waals surface area contributed by atoms with E-state index in [1.165, 1.54) is 0 Å². The molecule has 120 valence electrons. The second kappa shape index (κ2) is 8.24. The highest BCUT2D eigenvalue weighted by Crippen LogP contribution is 2.31. The second-order valence-electron chi connectivity index (χ2n) is 4.83. The molecule has 0 bridgehead atoms. The summed E-state index contributed by atoms with van der Waals surface area (Å²) < 4.78 is 33.6. The van der Waals surface area contributed by atoms with E-state index in [0.29, 0.717) is 17.9 Å². The number of methoxy groups -OCH3 is 2. The largest absolute Gasteiger partial charge is 0.493 e. The van der Waals surface area contributed by atoms with E-state index in [1.807, 2.05) is 25.2 Å². The topological polar surface area (TPSA) is 64.6 Å². The maximum Gasteiger partial charge on any atom is 0.161 e. The minimum Gasteiger partial charge on any atom is -0.493 e. The van der Waals surface area contributed by atoms with Crippen molar-refractivity contribution in [2.75, 3.05) is 32.8 Å². The summed E-state index contributed by atoms with van der Waals surface area (Å²) in [6.45, 7) is 1.68. The lowest BCUT2D eigenvalue weighted by molar-refractivity contribution is 0.353. The fourth-order valence-corrected chi connectivity index (χ4v) is 3.09. The molecule has 1 unspecified atom stereocenters. The quantitative estimate of drug-likeness (QED) is 0.756. The molecule has 0 heterocycles. The van der Waals surface area contributed by atoms with E-state index in [4.69, 9.17) is 9.47 Å². The van der Waals surface area contributed by atoms with Gasteiger partial charge in [0.25, 0.3) is 0 Å². The van der Waals surface area contributed by atoms with Crippen molar-refractivity contribution in [3.8, 4) is 11.5 Å². The van der Waals surface area contributed by atoms with Gasteiger partial charge in [0.15, 0.2) is 11.5 Å². The van der Waals surface area contributed by atoms with Crippen molar-refractivity contribution in [1.29, 1.82) is 0 Å². The fraction of sp³-hybridized carbons (Fsp3) is 0.600. The maximum atomic E-state index is 11.5. The summed E-state index contributed by atoms with van der Waals surface area (Å²) in [4.78, 5) is 0. The Morgan fingerprint density at radius 2 is 1.86 bits per heavy atom. The SMILES string of the molecule is CCS(=O)(=O)CCCC(NC)c1ccc(OC)c(OC)c1. The van der Waals surface area contributed by atoms with Gasteiger partial charge < -0.3 is 14.8 Å². The van der Waals surface area contributed by atoms with E-state index in [9.17, 15) is 8.42 Å². The van der Waals surface area contributed by atoms with Crippen LogP contribution in [-0.4, -0.2) is 41.2 Å². The molecule has 0 saturated carbocycles. The van der Waals surface area contributed by atoms with Gasteiger partial charge in [-0.05, 0) is 37.6 Å². The van der Waals surface area contributed by atoms with Gasteiger partial charge >= 0.3 is 0 Å². The smallest absolute Gasteiger partial charge is 0.161 e. The number of sulfone groups is 1. The molecule has 0 radical (unpaired) electrons. The Morgan fingerprint density at radius 3 is 2.38 bits per heavy atom. The third-order valence-electron chi connectivity index (χ3n) is 3.55. The molecular formula is C15H25NO4S.